The molecule has 0 radical (unpaired) electrons. The predicted octanol–water partition coefficient (Wildman–Crippen LogP) is 1.27. The zero-order valence-corrected chi connectivity index (χ0v) is 7.18. The largest absolute Gasteiger partial charge is 0.363 e. The second-order valence-electron chi connectivity index (χ2n) is 2.94. The van der Waals surface area contributed by atoms with E-state index < -0.39 is 0 Å². The number of hydrogen-bond acceptors (Lipinski definition) is 3. The number of nitrogens with zero attached hydrogens (tertiary/aromatic N) is 2. The topological polar surface area (TPSA) is 33.2 Å². The van der Waals surface area contributed by atoms with Crippen molar-refractivity contribution in [3.63, 3.8) is 0 Å². The Bertz CT molecular complexity index is 321. The molecule has 1 aliphatic heterocycles. The summed E-state index contributed by atoms with van der Waals surface area (Å²) in [5, 5.41) is 0. The molecule has 1 aliphatic rings. The van der Waals surface area contributed by atoms with Gasteiger partial charge < -0.3 is 4.90 Å². The van der Waals surface area contributed by atoms with Crippen molar-refractivity contribution in [3.8, 4) is 0 Å². The van der Waals surface area contributed by atoms with Crippen LogP contribution in [0.2, 0.25) is 0 Å². The van der Waals surface area contributed by atoms with Crippen molar-refractivity contribution < 1.29 is 4.79 Å². The lowest BCUT2D eigenvalue weighted by Crippen LogP contribution is -2.18. The van der Waals surface area contributed by atoms with E-state index in [2.05, 4.69) is 22.0 Å². The number of carbonyl (C=O) groups is 1. The van der Waals surface area contributed by atoms with Crippen molar-refractivity contribution in [3.05, 3.63) is 36.2 Å². The van der Waals surface area contributed by atoms with Crippen LogP contribution in [0.5, 0.6) is 0 Å². The van der Waals surface area contributed by atoms with Crippen LogP contribution in [-0.4, -0.2) is 24.4 Å². The molecule has 0 aromatic carbocycles. The first-order valence-corrected chi connectivity index (χ1v) is 4.21. The molecule has 1 aromatic heterocycles. The van der Waals surface area contributed by atoms with Crippen LogP contribution in [-0.2, 0) is 0 Å². The summed E-state index contributed by atoms with van der Waals surface area (Å²) in [5.41, 5.74) is 1.55. The van der Waals surface area contributed by atoms with Crippen molar-refractivity contribution in [1.82, 2.24) is 4.98 Å². The fraction of sp³-hybridized carbons (Fsp3) is 0.200. The number of carbonyl (C=O) groups excluding carboxylic acids is 1. The van der Waals surface area contributed by atoms with E-state index in [1.807, 2.05) is 6.07 Å². The molecule has 66 valence electrons. The van der Waals surface area contributed by atoms with Gasteiger partial charge in [0.05, 0.1) is 11.9 Å². The SMILES string of the molecule is O=Cc1ccc(N2CC=CC2)cn1. The maximum atomic E-state index is 10.4. The molecule has 1 aromatic rings. The summed E-state index contributed by atoms with van der Waals surface area (Å²) in [6, 6.07) is 3.66. The molecule has 0 amide bonds. The van der Waals surface area contributed by atoms with E-state index in [-0.39, 0.29) is 0 Å². The minimum absolute atomic E-state index is 0.482. The van der Waals surface area contributed by atoms with E-state index in [4.69, 9.17) is 0 Å². The van der Waals surface area contributed by atoms with Gasteiger partial charge in [0, 0.05) is 13.1 Å². The Hall–Kier alpha value is -1.64. The first kappa shape index (κ1) is 7.98. The molecule has 0 N–H and O–H groups in total. The van der Waals surface area contributed by atoms with E-state index >= 15 is 0 Å². The number of aromatic nitrogens is 1. The van der Waals surface area contributed by atoms with Gasteiger partial charge in [0.15, 0.2) is 6.29 Å². The van der Waals surface area contributed by atoms with Gasteiger partial charge in [-0.3, -0.25) is 9.78 Å². The lowest BCUT2D eigenvalue weighted by atomic mass is 10.3. The minimum Gasteiger partial charge on any atom is -0.363 e. The highest BCUT2D eigenvalue weighted by molar-refractivity contribution is 5.72. The summed E-state index contributed by atoms with van der Waals surface area (Å²) in [6.45, 7) is 1.87. The molecule has 0 saturated carbocycles. The Labute approximate surface area is 76.7 Å². The Morgan fingerprint density at radius 1 is 1.31 bits per heavy atom. The second-order valence-corrected chi connectivity index (χ2v) is 2.94. The standard InChI is InChI=1S/C10H10N2O/c13-8-9-3-4-10(7-11-9)12-5-1-2-6-12/h1-4,7-8H,5-6H2. The van der Waals surface area contributed by atoms with Crippen LogP contribution in [0.25, 0.3) is 0 Å². The summed E-state index contributed by atoms with van der Waals surface area (Å²) in [5.74, 6) is 0. The number of aldehydes is 1. The molecular formula is C10H10N2O. The monoisotopic (exact) mass is 174 g/mol. The fourth-order valence-corrected chi connectivity index (χ4v) is 1.34. The van der Waals surface area contributed by atoms with E-state index in [9.17, 15) is 4.79 Å². The van der Waals surface area contributed by atoms with Crippen molar-refractivity contribution in [2.45, 2.75) is 0 Å². The van der Waals surface area contributed by atoms with Gasteiger partial charge in [-0.15, -0.1) is 0 Å². The molecule has 0 aliphatic carbocycles. The second kappa shape index (κ2) is 3.39. The average Bonchev–Trinajstić information content (AvgIpc) is 2.71. The Balaban J connectivity index is 2.17. The van der Waals surface area contributed by atoms with Crippen LogP contribution in [0.1, 0.15) is 10.5 Å². The van der Waals surface area contributed by atoms with Gasteiger partial charge in [-0.05, 0) is 12.1 Å². The smallest absolute Gasteiger partial charge is 0.168 e. The lowest BCUT2D eigenvalue weighted by Gasteiger charge is -2.16. The molecule has 3 heteroatoms. The van der Waals surface area contributed by atoms with Crippen LogP contribution in [0.15, 0.2) is 30.5 Å². The maximum absolute atomic E-state index is 10.4. The van der Waals surface area contributed by atoms with Gasteiger partial charge in [-0.25, -0.2) is 0 Å². The molecule has 13 heavy (non-hydrogen) atoms. The van der Waals surface area contributed by atoms with Gasteiger partial charge in [0.2, 0.25) is 0 Å². The molecule has 0 spiro atoms. The molecule has 0 fully saturated rings. The minimum atomic E-state index is 0.482. The summed E-state index contributed by atoms with van der Waals surface area (Å²) in [7, 11) is 0. The summed E-state index contributed by atoms with van der Waals surface area (Å²) >= 11 is 0. The van der Waals surface area contributed by atoms with Gasteiger partial charge in [-0.1, -0.05) is 12.2 Å². The zero-order valence-electron chi connectivity index (χ0n) is 7.18. The molecule has 0 bridgehead atoms. The highest BCUT2D eigenvalue weighted by Gasteiger charge is 2.06. The molecule has 0 saturated heterocycles. The van der Waals surface area contributed by atoms with Crippen molar-refractivity contribution >= 4 is 12.0 Å². The fourth-order valence-electron chi connectivity index (χ4n) is 1.34. The van der Waals surface area contributed by atoms with Gasteiger partial charge in [-0.2, -0.15) is 0 Å². The van der Waals surface area contributed by atoms with Crippen molar-refractivity contribution in [2.24, 2.45) is 0 Å². The first-order chi connectivity index (χ1) is 6.40. The molecule has 2 rings (SSSR count). The highest BCUT2D eigenvalue weighted by atomic mass is 16.1. The molecule has 3 nitrogen and oxygen atoms in total. The van der Waals surface area contributed by atoms with Crippen molar-refractivity contribution in [1.29, 1.82) is 0 Å². The van der Waals surface area contributed by atoms with Crippen LogP contribution in [0, 0.1) is 0 Å². The van der Waals surface area contributed by atoms with Crippen molar-refractivity contribution in [2.75, 3.05) is 18.0 Å². The Morgan fingerprint density at radius 2 is 2.08 bits per heavy atom. The summed E-state index contributed by atoms with van der Waals surface area (Å²) in [4.78, 5) is 16.5. The number of pyridine rings is 1. The van der Waals surface area contributed by atoms with E-state index in [1.54, 1.807) is 12.3 Å². The lowest BCUT2D eigenvalue weighted by molar-refractivity contribution is 0.111. The van der Waals surface area contributed by atoms with Crippen LogP contribution >= 0.6 is 0 Å². The highest BCUT2D eigenvalue weighted by Crippen LogP contribution is 2.14. The first-order valence-electron chi connectivity index (χ1n) is 4.21. The third kappa shape index (κ3) is 1.59. The quantitative estimate of drug-likeness (QED) is 0.500. The molecule has 0 atom stereocenters. The average molecular weight is 174 g/mol. The number of hydrogen-bond donors (Lipinski definition) is 0. The number of anilines is 1. The van der Waals surface area contributed by atoms with Crippen LogP contribution in [0.4, 0.5) is 5.69 Å². The van der Waals surface area contributed by atoms with Crippen LogP contribution in [0.3, 0.4) is 0 Å². The third-order valence-corrected chi connectivity index (χ3v) is 2.07. The van der Waals surface area contributed by atoms with E-state index in [1.165, 1.54) is 0 Å². The maximum Gasteiger partial charge on any atom is 0.168 e. The van der Waals surface area contributed by atoms with E-state index in [0.717, 1.165) is 25.1 Å². The van der Waals surface area contributed by atoms with Crippen LogP contribution < -0.4 is 4.90 Å². The zero-order chi connectivity index (χ0) is 9.10. The Morgan fingerprint density at radius 3 is 2.62 bits per heavy atom. The Kier molecular flexibility index (Phi) is 2.08. The number of rotatable bonds is 2. The molecule has 2 heterocycles. The van der Waals surface area contributed by atoms with Gasteiger partial charge >= 0.3 is 0 Å². The van der Waals surface area contributed by atoms with E-state index in [0.29, 0.717) is 5.69 Å². The third-order valence-electron chi connectivity index (χ3n) is 2.07. The molecule has 0 unspecified atom stereocenters. The normalized spacial score (nSPS) is 14.9. The molecular weight excluding hydrogens is 164 g/mol. The summed E-state index contributed by atoms with van der Waals surface area (Å²) < 4.78 is 0. The van der Waals surface area contributed by atoms with Gasteiger partial charge in [0.25, 0.3) is 0 Å². The summed E-state index contributed by atoms with van der Waals surface area (Å²) in [6.07, 6.45) is 6.73. The van der Waals surface area contributed by atoms with Gasteiger partial charge in [0.1, 0.15) is 5.69 Å². The predicted molar refractivity (Wildman–Crippen MR) is 51.0 cm³/mol.